The maximum Gasteiger partial charge on any atom is 0.326 e. The van der Waals surface area contributed by atoms with E-state index >= 15 is 0 Å². The van der Waals surface area contributed by atoms with E-state index in [9.17, 15) is 4.79 Å². The molecule has 16 heavy (non-hydrogen) atoms. The molecule has 1 aliphatic carbocycles. The molecule has 0 heterocycles. The van der Waals surface area contributed by atoms with Crippen molar-refractivity contribution in [3.8, 4) is 0 Å². The Morgan fingerprint density at radius 1 is 1.44 bits per heavy atom. The first kappa shape index (κ1) is 11.9. The minimum Gasteiger partial charge on any atom is -0.480 e. The molecule has 5 heteroatoms. The van der Waals surface area contributed by atoms with Crippen LogP contribution in [0, 0.1) is 5.92 Å². The molecule has 0 saturated heterocycles. The van der Waals surface area contributed by atoms with Crippen molar-refractivity contribution in [2.24, 2.45) is 5.92 Å². The van der Waals surface area contributed by atoms with Gasteiger partial charge in [0.25, 0.3) is 0 Å². The number of anilines is 1. The van der Waals surface area contributed by atoms with E-state index in [2.05, 4.69) is 37.2 Å². The van der Waals surface area contributed by atoms with Gasteiger partial charge in [-0.15, -0.1) is 0 Å². The molecule has 2 N–H and O–H groups in total. The number of carbonyl (C=O) groups is 1. The molecule has 86 valence electrons. The van der Waals surface area contributed by atoms with Gasteiger partial charge in [-0.2, -0.15) is 0 Å². The number of carboxylic acid groups (broad SMARTS) is 1. The third kappa shape index (κ3) is 2.77. The number of benzene rings is 1. The molecule has 1 saturated carbocycles. The Bertz CT molecular complexity index is 418. The maximum absolute atomic E-state index is 11.1. The Balaban J connectivity index is 2.17. The van der Waals surface area contributed by atoms with Gasteiger partial charge in [-0.05, 0) is 52.9 Å². The number of aliphatic carboxylic acids is 1. The molecule has 1 unspecified atom stereocenters. The number of rotatable bonds is 4. The Morgan fingerprint density at radius 3 is 2.69 bits per heavy atom. The fraction of sp³-hybridized carbons (Fsp3) is 0.364. The number of carboxylic acids is 1. The van der Waals surface area contributed by atoms with Gasteiger partial charge >= 0.3 is 5.97 Å². The van der Waals surface area contributed by atoms with Crippen molar-refractivity contribution in [2.75, 3.05) is 5.32 Å². The van der Waals surface area contributed by atoms with Crippen molar-refractivity contribution in [3.05, 3.63) is 27.1 Å². The zero-order valence-corrected chi connectivity index (χ0v) is 11.6. The topological polar surface area (TPSA) is 49.3 Å². The van der Waals surface area contributed by atoms with E-state index in [4.69, 9.17) is 5.11 Å². The van der Waals surface area contributed by atoms with E-state index in [1.807, 2.05) is 18.2 Å². The number of nitrogens with one attached hydrogen (secondary N) is 1. The highest BCUT2D eigenvalue weighted by Gasteiger charge is 2.36. The standard InChI is InChI=1S/C11H11Br2NO2/c12-7-3-4-8(13)9(5-7)14-10(11(15)16)6-1-2-6/h3-6,10,14H,1-2H2,(H,15,16). The zero-order chi connectivity index (χ0) is 11.7. The van der Waals surface area contributed by atoms with E-state index in [0.717, 1.165) is 27.5 Å². The van der Waals surface area contributed by atoms with Crippen molar-refractivity contribution in [1.29, 1.82) is 0 Å². The van der Waals surface area contributed by atoms with Gasteiger partial charge in [0.1, 0.15) is 6.04 Å². The average Bonchev–Trinajstić information content (AvgIpc) is 3.02. The highest BCUT2D eigenvalue weighted by molar-refractivity contribution is 9.11. The van der Waals surface area contributed by atoms with E-state index < -0.39 is 12.0 Å². The van der Waals surface area contributed by atoms with Gasteiger partial charge in [0.15, 0.2) is 0 Å². The van der Waals surface area contributed by atoms with Crippen molar-refractivity contribution in [1.82, 2.24) is 0 Å². The monoisotopic (exact) mass is 347 g/mol. The summed E-state index contributed by atoms with van der Waals surface area (Å²) in [6.07, 6.45) is 1.99. The highest BCUT2D eigenvalue weighted by Crippen LogP contribution is 2.36. The number of hydrogen-bond donors (Lipinski definition) is 2. The van der Waals surface area contributed by atoms with Crippen LogP contribution < -0.4 is 5.32 Å². The van der Waals surface area contributed by atoms with Crippen LogP contribution in [0.15, 0.2) is 27.1 Å². The molecule has 0 radical (unpaired) electrons. The molecule has 0 aliphatic heterocycles. The van der Waals surface area contributed by atoms with Gasteiger partial charge in [0, 0.05) is 8.95 Å². The molecule has 1 aliphatic rings. The summed E-state index contributed by atoms with van der Waals surface area (Å²) in [7, 11) is 0. The Hall–Kier alpha value is -0.550. The minimum atomic E-state index is -0.783. The second-order valence-corrected chi connectivity index (χ2v) is 5.69. The summed E-state index contributed by atoms with van der Waals surface area (Å²) >= 11 is 6.77. The van der Waals surface area contributed by atoms with Crippen LogP contribution >= 0.6 is 31.9 Å². The molecule has 0 aromatic heterocycles. The Morgan fingerprint density at radius 2 is 2.12 bits per heavy atom. The molecule has 0 spiro atoms. The minimum absolute atomic E-state index is 0.267. The molecular formula is C11H11Br2NO2. The molecule has 1 fully saturated rings. The lowest BCUT2D eigenvalue weighted by molar-refractivity contribution is -0.138. The first-order chi connectivity index (χ1) is 7.58. The van der Waals surface area contributed by atoms with Crippen LogP contribution in [0.25, 0.3) is 0 Å². The van der Waals surface area contributed by atoms with Gasteiger partial charge in [-0.3, -0.25) is 0 Å². The van der Waals surface area contributed by atoms with E-state index in [1.54, 1.807) is 0 Å². The molecule has 3 nitrogen and oxygen atoms in total. The van der Waals surface area contributed by atoms with Gasteiger partial charge in [-0.1, -0.05) is 15.9 Å². The molecule has 2 rings (SSSR count). The summed E-state index contributed by atoms with van der Waals surface area (Å²) in [5.41, 5.74) is 0.814. The molecule has 0 amide bonds. The molecule has 1 atom stereocenters. The molecule has 1 aromatic rings. The predicted molar refractivity (Wildman–Crippen MR) is 69.6 cm³/mol. The molecule has 0 bridgehead atoms. The van der Waals surface area contributed by atoms with Crippen LogP contribution in [-0.2, 0) is 4.79 Å². The summed E-state index contributed by atoms with van der Waals surface area (Å²) in [5, 5.41) is 12.2. The van der Waals surface area contributed by atoms with Crippen LogP contribution in [0.3, 0.4) is 0 Å². The Kier molecular flexibility index (Phi) is 3.54. The fourth-order valence-corrected chi connectivity index (χ4v) is 2.31. The fourth-order valence-electron chi connectivity index (χ4n) is 1.59. The van der Waals surface area contributed by atoms with Crippen LogP contribution in [-0.4, -0.2) is 17.1 Å². The summed E-state index contributed by atoms with van der Waals surface area (Å²) < 4.78 is 1.81. The van der Waals surface area contributed by atoms with E-state index in [-0.39, 0.29) is 5.92 Å². The lowest BCUT2D eigenvalue weighted by atomic mass is 10.1. The summed E-state index contributed by atoms with van der Waals surface area (Å²) in [5.74, 6) is -0.516. The smallest absolute Gasteiger partial charge is 0.326 e. The van der Waals surface area contributed by atoms with E-state index in [0.29, 0.717) is 0 Å². The largest absolute Gasteiger partial charge is 0.480 e. The molecular weight excluding hydrogens is 338 g/mol. The maximum atomic E-state index is 11.1. The summed E-state index contributed by atoms with van der Waals surface area (Å²) in [4.78, 5) is 11.1. The number of hydrogen-bond acceptors (Lipinski definition) is 2. The quantitative estimate of drug-likeness (QED) is 0.875. The second-order valence-electron chi connectivity index (χ2n) is 3.92. The van der Waals surface area contributed by atoms with Crippen LogP contribution in [0.2, 0.25) is 0 Å². The summed E-state index contributed by atoms with van der Waals surface area (Å²) in [6.45, 7) is 0. The van der Waals surface area contributed by atoms with Gasteiger partial charge in [0.05, 0.1) is 5.69 Å². The first-order valence-electron chi connectivity index (χ1n) is 5.02. The highest BCUT2D eigenvalue weighted by atomic mass is 79.9. The zero-order valence-electron chi connectivity index (χ0n) is 8.41. The van der Waals surface area contributed by atoms with Crippen LogP contribution in [0.1, 0.15) is 12.8 Å². The normalized spacial score (nSPS) is 16.9. The first-order valence-corrected chi connectivity index (χ1v) is 6.61. The van der Waals surface area contributed by atoms with Gasteiger partial charge in [-0.25, -0.2) is 4.79 Å². The SMILES string of the molecule is O=C(O)C(Nc1cc(Br)ccc1Br)C1CC1. The van der Waals surface area contributed by atoms with Crippen LogP contribution in [0.5, 0.6) is 0 Å². The average molecular weight is 349 g/mol. The Labute approximate surface area is 110 Å². The van der Waals surface area contributed by atoms with Gasteiger partial charge < -0.3 is 10.4 Å². The molecule has 1 aromatic carbocycles. The lowest BCUT2D eigenvalue weighted by Crippen LogP contribution is -2.31. The van der Waals surface area contributed by atoms with Crippen molar-refractivity contribution < 1.29 is 9.90 Å². The third-order valence-electron chi connectivity index (χ3n) is 2.60. The predicted octanol–water partition coefficient (Wildman–Crippen LogP) is 3.49. The van der Waals surface area contributed by atoms with Crippen molar-refractivity contribution >= 4 is 43.5 Å². The van der Waals surface area contributed by atoms with E-state index in [1.165, 1.54) is 0 Å². The van der Waals surface area contributed by atoms with Crippen molar-refractivity contribution in [2.45, 2.75) is 18.9 Å². The third-order valence-corrected chi connectivity index (χ3v) is 3.78. The second kappa shape index (κ2) is 4.75. The van der Waals surface area contributed by atoms with Crippen molar-refractivity contribution in [3.63, 3.8) is 0 Å². The van der Waals surface area contributed by atoms with Gasteiger partial charge in [0.2, 0.25) is 0 Å². The number of halogens is 2. The van der Waals surface area contributed by atoms with Crippen LogP contribution in [0.4, 0.5) is 5.69 Å². The summed E-state index contributed by atoms with van der Waals surface area (Å²) in [6, 6.07) is 5.19. The lowest BCUT2D eigenvalue weighted by Gasteiger charge is -2.16.